The number of non-ortho nitro benzene ring substituents is 1. The minimum atomic E-state index is -3.51. The molecule has 3 heterocycles. The Kier molecular flexibility index (Phi) is 6.90. The molecule has 0 amide bonds. The summed E-state index contributed by atoms with van der Waals surface area (Å²) in [5.41, 5.74) is 3.54. The topological polar surface area (TPSA) is 109 Å². The molecule has 0 saturated carbocycles. The van der Waals surface area contributed by atoms with E-state index in [0.717, 1.165) is 24.0 Å². The second-order valence-electron chi connectivity index (χ2n) is 9.62. The molecule has 4 aromatic rings. The molecule has 0 bridgehead atoms. The van der Waals surface area contributed by atoms with Gasteiger partial charge < -0.3 is 0 Å². The Bertz CT molecular complexity index is 1700. The molecule has 1 aromatic heterocycles. The standard InChI is InChI=1S/C28H24FN5O4S2/c29-22-10-6-20(7-11-22)27-17-25(21-4-3-5-23(16-21)34(35)36)31-33(27)28-30-26(18-39-28)19-8-12-24(13-9-19)40(37,38)32-14-1-2-15-32/h3-13,16,18,27H,1-2,14-15,17H2. The number of rotatable bonds is 7. The summed E-state index contributed by atoms with van der Waals surface area (Å²) in [5, 5.41) is 20.4. The molecule has 1 saturated heterocycles. The molecule has 0 N–H and O–H groups in total. The highest BCUT2D eigenvalue weighted by molar-refractivity contribution is 7.89. The van der Waals surface area contributed by atoms with Crippen LogP contribution in [0.1, 0.15) is 36.4 Å². The highest BCUT2D eigenvalue weighted by Gasteiger charge is 2.32. The largest absolute Gasteiger partial charge is 0.270 e. The summed E-state index contributed by atoms with van der Waals surface area (Å²) in [5.74, 6) is -0.347. The molecule has 3 aromatic carbocycles. The second kappa shape index (κ2) is 10.5. The van der Waals surface area contributed by atoms with Gasteiger partial charge in [-0.2, -0.15) is 9.41 Å². The molecule has 0 aliphatic carbocycles. The first kappa shape index (κ1) is 26.2. The molecule has 0 radical (unpaired) electrons. The first-order valence-electron chi connectivity index (χ1n) is 12.7. The van der Waals surface area contributed by atoms with Gasteiger partial charge in [-0.25, -0.2) is 22.8 Å². The van der Waals surface area contributed by atoms with Gasteiger partial charge >= 0.3 is 0 Å². The minimum absolute atomic E-state index is 0.0243. The van der Waals surface area contributed by atoms with Crippen LogP contribution in [0, 0.1) is 15.9 Å². The lowest BCUT2D eigenvalue weighted by molar-refractivity contribution is -0.384. The fraction of sp³-hybridized carbons (Fsp3) is 0.214. The second-order valence-corrected chi connectivity index (χ2v) is 12.4. The Morgan fingerprint density at radius 2 is 1.70 bits per heavy atom. The van der Waals surface area contributed by atoms with Crippen molar-refractivity contribution < 1.29 is 17.7 Å². The fourth-order valence-corrected chi connectivity index (χ4v) is 7.33. The van der Waals surface area contributed by atoms with Crippen molar-refractivity contribution in [1.29, 1.82) is 0 Å². The van der Waals surface area contributed by atoms with Crippen LogP contribution in [0.25, 0.3) is 11.3 Å². The average Bonchev–Trinajstić information content (AvgIpc) is 3.75. The van der Waals surface area contributed by atoms with Gasteiger partial charge in [0.05, 0.1) is 27.3 Å². The minimum Gasteiger partial charge on any atom is -0.258 e. The molecule has 1 fully saturated rings. The molecular weight excluding hydrogens is 553 g/mol. The number of benzene rings is 3. The number of hydrazone groups is 1. The fourth-order valence-electron chi connectivity index (χ4n) is 4.98. The molecule has 1 unspecified atom stereocenters. The summed E-state index contributed by atoms with van der Waals surface area (Å²) in [6.45, 7) is 1.09. The van der Waals surface area contributed by atoms with Gasteiger partial charge in [-0.05, 0) is 42.7 Å². The van der Waals surface area contributed by atoms with E-state index in [9.17, 15) is 22.9 Å². The molecule has 9 nitrogen and oxygen atoms in total. The Labute approximate surface area is 234 Å². The number of hydrogen-bond donors (Lipinski definition) is 0. The first-order chi connectivity index (χ1) is 19.3. The smallest absolute Gasteiger partial charge is 0.258 e. The molecule has 40 heavy (non-hydrogen) atoms. The van der Waals surface area contributed by atoms with Crippen LogP contribution in [0.4, 0.5) is 15.2 Å². The van der Waals surface area contributed by atoms with E-state index < -0.39 is 14.9 Å². The van der Waals surface area contributed by atoms with E-state index >= 15 is 0 Å². The van der Waals surface area contributed by atoms with E-state index in [4.69, 9.17) is 10.1 Å². The van der Waals surface area contributed by atoms with Crippen molar-refractivity contribution >= 4 is 37.9 Å². The Hall–Kier alpha value is -4.00. The monoisotopic (exact) mass is 577 g/mol. The summed E-state index contributed by atoms with van der Waals surface area (Å²) >= 11 is 1.38. The van der Waals surface area contributed by atoms with Crippen LogP contribution in [0.3, 0.4) is 0 Å². The molecule has 6 rings (SSSR count). The molecule has 2 aliphatic heterocycles. The number of nitro groups is 1. The maximum atomic E-state index is 13.7. The predicted octanol–water partition coefficient (Wildman–Crippen LogP) is 6.00. The van der Waals surface area contributed by atoms with Crippen LogP contribution < -0.4 is 5.01 Å². The first-order valence-corrected chi connectivity index (χ1v) is 15.0. The van der Waals surface area contributed by atoms with Gasteiger partial charge in [0.1, 0.15) is 5.82 Å². The number of thiazole rings is 1. The third-order valence-electron chi connectivity index (χ3n) is 7.10. The zero-order chi connectivity index (χ0) is 27.9. The molecule has 0 spiro atoms. The van der Waals surface area contributed by atoms with Crippen LogP contribution in [-0.4, -0.2) is 41.4 Å². The van der Waals surface area contributed by atoms with Gasteiger partial charge in [0.15, 0.2) is 0 Å². The van der Waals surface area contributed by atoms with E-state index in [2.05, 4.69) is 0 Å². The predicted molar refractivity (Wildman–Crippen MR) is 151 cm³/mol. The van der Waals surface area contributed by atoms with Gasteiger partial charge in [0.25, 0.3) is 5.69 Å². The maximum Gasteiger partial charge on any atom is 0.270 e. The van der Waals surface area contributed by atoms with E-state index in [-0.39, 0.29) is 22.4 Å². The van der Waals surface area contributed by atoms with Crippen molar-refractivity contribution in [3.63, 3.8) is 0 Å². The number of nitro benzene ring substituents is 1. The zero-order valence-corrected chi connectivity index (χ0v) is 22.8. The van der Waals surface area contributed by atoms with Crippen LogP contribution in [-0.2, 0) is 10.0 Å². The third-order valence-corrected chi connectivity index (χ3v) is 9.84. The number of sulfonamides is 1. The van der Waals surface area contributed by atoms with Crippen molar-refractivity contribution in [3.05, 3.63) is 105 Å². The van der Waals surface area contributed by atoms with Gasteiger partial charge in [-0.15, -0.1) is 11.3 Å². The van der Waals surface area contributed by atoms with E-state index in [0.29, 0.717) is 41.6 Å². The highest BCUT2D eigenvalue weighted by atomic mass is 32.2. The molecule has 12 heteroatoms. The Morgan fingerprint density at radius 3 is 2.40 bits per heavy atom. The third kappa shape index (κ3) is 5.01. The summed E-state index contributed by atoms with van der Waals surface area (Å²) < 4.78 is 41.0. The van der Waals surface area contributed by atoms with Gasteiger partial charge in [0.2, 0.25) is 15.2 Å². The summed E-state index contributed by atoms with van der Waals surface area (Å²) in [7, 11) is -3.51. The summed E-state index contributed by atoms with van der Waals surface area (Å²) in [6, 6.07) is 19.0. The van der Waals surface area contributed by atoms with Crippen molar-refractivity contribution in [2.75, 3.05) is 18.1 Å². The van der Waals surface area contributed by atoms with Crippen molar-refractivity contribution in [2.45, 2.75) is 30.2 Å². The number of hydrogen-bond acceptors (Lipinski definition) is 8. The van der Waals surface area contributed by atoms with Crippen LogP contribution in [0.2, 0.25) is 0 Å². The molecule has 2 aliphatic rings. The van der Waals surface area contributed by atoms with E-state index in [1.807, 2.05) is 5.38 Å². The number of aromatic nitrogens is 1. The van der Waals surface area contributed by atoms with Crippen LogP contribution >= 0.6 is 11.3 Å². The van der Waals surface area contributed by atoms with Gasteiger partial charge in [-0.1, -0.05) is 36.4 Å². The van der Waals surface area contributed by atoms with Crippen molar-refractivity contribution in [1.82, 2.24) is 9.29 Å². The van der Waals surface area contributed by atoms with Crippen molar-refractivity contribution in [3.8, 4) is 11.3 Å². The van der Waals surface area contributed by atoms with Crippen LogP contribution in [0.15, 0.2) is 88.2 Å². The lowest BCUT2D eigenvalue weighted by Gasteiger charge is -2.21. The molecular formula is C28H24FN5O4S2. The highest BCUT2D eigenvalue weighted by Crippen LogP contribution is 2.40. The van der Waals surface area contributed by atoms with Crippen molar-refractivity contribution in [2.24, 2.45) is 5.10 Å². The Morgan fingerprint density at radius 1 is 0.975 bits per heavy atom. The quantitative estimate of drug-likeness (QED) is 0.197. The Balaban J connectivity index is 1.31. The lowest BCUT2D eigenvalue weighted by Crippen LogP contribution is -2.27. The number of anilines is 1. The van der Waals surface area contributed by atoms with E-state index in [1.54, 1.807) is 53.5 Å². The average molecular weight is 578 g/mol. The van der Waals surface area contributed by atoms with E-state index in [1.165, 1.54) is 39.9 Å². The lowest BCUT2D eigenvalue weighted by atomic mass is 9.98. The number of halogens is 1. The van der Waals surface area contributed by atoms with Gasteiger partial charge in [0, 0.05) is 48.2 Å². The SMILES string of the molecule is O=[N+]([O-])c1cccc(C2=NN(c3nc(-c4ccc(S(=O)(=O)N5CCCC5)cc4)cs3)C(c3ccc(F)cc3)C2)c1. The van der Waals surface area contributed by atoms with Crippen LogP contribution in [0.5, 0.6) is 0 Å². The van der Waals surface area contributed by atoms with Gasteiger partial charge in [-0.3, -0.25) is 10.1 Å². The number of nitrogens with zero attached hydrogens (tertiary/aromatic N) is 5. The zero-order valence-electron chi connectivity index (χ0n) is 21.2. The molecule has 204 valence electrons. The summed E-state index contributed by atoms with van der Waals surface area (Å²) in [4.78, 5) is 15.9. The summed E-state index contributed by atoms with van der Waals surface area (Å²) in [6.07, 6.45) is 2.20. The maximum absolute atomic E-state index is 13.7. The molecule has 1 atom stereocenters. The normalized spacial score (nSPS) is 17.8.